The Balaban J connectivity index is 2.51. The minimum absolute atomic E-state index is 0.150. The number of anilines is 1. The molecule has 6 heteroatoms. The molecule has 0 fully saturated rings. The Bertz CT molecular complexity index is 451. The van der Waals surface area contributed by atoms with Gasteiger partial charge in [-0.1, -0.05) is 19.1 Å². The molecule has 5 nitrogen and oxygen atoms in total. The van der Waals surface area contributed by atoms with Gasteiger partial charge in [-0.3, -0.25) is 9.59 Å². The first-order valence-corrected chi connectivity index (χ1v) is 7.16. The van der Waals surface area contributed by atoms with Crippen LogP contribution in [0.2, 0.25) is 0 Å². The van der Waals surface area contributed by atoms with Gasteiger partial charge in [0.2, 0.25) is 5.91 Å². The van der Waals surface area contributed by atoms with Crippen molar-refractivity contribution >= 4 is 29.3 Å². The number of carbonyl (C=O) groups excluding carboxylic acids is 2. The second-order valence-corrected chi connectivity index (χ2v) is 5.34. The summed E-state index contributed by atoms with van der Waals surface area (Å²) in [6.07, 6.45) is 0. The van der Waals surface area contributed by atoms with Crippen LogP contribution in [0.4, 0.5) is 5.69 Å². The van der Waals surface area contributed by atoms with E-state index in [4.69, 9.17) is 11.5 Å². The van der Waals surface area contributed by atoms with Gasteiger partial charge in [0.1, 0.15) is 0 Å². The standard InChI is InChI=1S/C13H19N3O2S/c1-9(6-14)7-19-8-12(17)16-11-5-3-2-4-10(11)13(15)18/h2-5,9H,6-8,14H2,1H3,(H2,15,18)(H,16,17). The van der Waals surface area contributed by atoms with Crippen molar-refractivity contribution in [2.45, 2.75) is 6.92 Å². The van der Waals surface area contributed by atoms with Crippen molar-refractivity contribution in [1.29, 1.82) is 0 Å². The van der Waals surface area contributed by atoms with E-state index in [2.05, 4.69) is 5.32 Å². The van der Waals surface area contributed by atoms with Crippen molar-refractivity contribution in [2.75, 3.05) is 23.4 Å². The number of nitrogens with two attached hydrogens (primary N) is 2. The lowest BCUT2D eigenvalue weighted by atomic mass is 10.1. The predicted molar refractivity (Wildman–Crippen MR) is 79.1 cm³/mol. The summed E-state index contributed by atoms with van der Waals surface area (Å²) in [6, 6.07) is 6.69. The summed E-state index contributed by atoms with van der Waals surface area (Å²) in [5.74, 6) is 0.845. The van der Waals surface area contributed by atoms with E-state index in [9.17, 15) is 9.59 Å². The molecule has 0 bridgehead atoms. The van der Waals surface area contributed by atoms with Gasteiger partial charge >= 0.3 is 0 Å². The van der Waals surface area contributed by atoms with Gasteiger partial charge in [-0.2, -0.15) is 11.8 Å². The van der Waals surface area contributed by atoms with Crippen molar-refractivity contribution in [3.63, 3.8) is 0 Å². The number of hydrogen-bond donors (Lipinski definition) is 3. The van der Waals surface area contributed by atoms with Crippen LogP contribution in [0.1, 0.15) is 17.3 Å². The third kappa shape index (κ3) is 5.32. The second-order valence-electron chi connectivity index (χ2n) is 4.31. The van der Waals surface area contributed by atoms with Crippen LogP contribution in [0.3, 0.4) is 0 Å². The van der Waals surface area contributed by atoms with E-state index in [0.717, 1.165) is 5.75 Å². The maximum Gasteiger partial charge on any atom is 0.250 e. The van der Waals surface area contributed by atoms with Crippen molar-refractivity contribution < 1.29 is 9.59 Å². The molecule has 104 valence electrons. The number of primary amides is 1. The fourth-order valence-corrected chi connectivity index (χ4v) is 2.33. The Morgan fingerprint density at radius 2 is 2.05 bits per heavy atom. The highest BCUT2D eigenvalue weighted by atomic mass is 32.2. The molecule has 0 saturated carbocycles. The van der Waals surface area contributed by atoms with Crippen molar-refractivity contribution in [2.24, 2.45) is 17.4 Å². The zero-order valence-electron chi connectivity index (χ0n) is 10.9. The predicted octanol–water partition coefficient (Wildman–Crippen LogP) is 1.05. The van der Waals surface area contributed by atoms with Gasteiger partial charge in [-0.25, -0.2) is 0 Å². The molecule has 5 N–H and O–H groups in total. The van der Waals surface area contributed by atoms with Gasteiger partial charge in [0, 0.05) is 0 Å². The summed E-state index contributed by atoms with van der Waals surface area (Å²) in [4.78, 5) is 22.9. The quantitative estimate of drug-likeness (QED) is 0.695. The van der Waals surface area contributed by atoms with Crippen molar-refractivity contribution in [3.8, 4) is 0 Å². The summed E-state index contributed by atoms with van der Waals surface area (Å²) in [7, 11) is 0. The normalized spacial score (nSPS) is 11.9. The number of amides is 2. The molecule has 1 unspecified atom stereocenters. The molecule has 1 aromatic carbocycles. The molecule has 1 rings (SSSR count). The second kappa shape index (κ2) is 7.81. The fraction of sp³-hybridized carbons (Fsp3) is 0.385. The Kier molecular flexibility index (Phi) is 6.38. The van der Waals surface area contributed by atoms with Crippen molar-refractivity contribution in [3.05, 3.63) is 29.8 Å². The van der Waals surface area contributed by atoms with Crippen molar-refractivity contribution in [1.82, 2.24) is 0 Å². The van der Waals surface area contributed by atoms with Crippen LogP contribution in [-0.4, -0.2) is 29.9 Å². The summed E-state index contributed by atoms with van der Waals surface area (Å²) in [5, 5.41) is 2.69. The zero-order chi connectivity index (χ0) is 14.3. The zero-order valence-corrected chi connectivity index (χ0v) is 11.7. The van der Waals surface area contributed by atoms with Crippen LogP contribution in [0.25, 0.3) is 0 Å². The number of para-hydroxylation sites is 1. The van der Waals surface area contributed by atoms with E-state index in [1.54, 1.807) is 24.3 Å². The molecular weight excluding hydrogens is 262 g/mol. The number of carbonyl (C=O) groups is 2. The molecular formula is C13H19N3O2S. The topological polar surface area (TPSA) is 98.2 Å². The number of nitrogens with one attached hydrogen (secondary N) is 1. The number of rotatable bonds is 7. The van der Waals surface area contributed by atoms with Crippen LogP contribution in [0.15, 0.2) is 24.3 Å². The third-order valence-corrected chi connectivity index (χ3v) is 3.78. The number of hydrogen-bond acceptors (Lipinski definition) is 4. The van der Waals surface area contributed by atoms with Crippen LogP contribution in [0.5, 0.6) is 0 Å². The van der Waals surface area contributed by atoms with E-state index >= 15 is 0 Å². The van der Waals surface area contributed by atoms with Crippen LogP contribution in [0, 0.1) is 5.92 Å². The highest BCUT2D eigenvalue weighted by Crippen LogP contribution is 2.15. The molecule has 0 radical (unpaired) electrons. The average molecular weight is 281 g/mol. The molecule has 2 amide bonds. The minimum Gasteiger partial charge on any atom is -0.366 e. The molecule has 1 atom stereocenters. The first-order chi connectivity index (χ1) is 9.04. The molecule has 0 aliphatic heterocycles. The Morgan fingerprint density at radius 1 is 1.37 bits per heavy atom. The summed E-state index contributed by atoms with van der Waals surface area (Å²) in [6.45, 7) is 2.65. The summed E-state index contributed by atoms with van der Waals surface area (Å²) >= 11 is 1.52. The lowest BCUT2D eigenvalue weighted by Gasteiger charge is -2.10. The molecule has 0 aliphatic rings. The van der Waals surface area contributed by atoms with Gasteiger partial charge in [0.25, 0.3) is 5.91 Å². The maximum absolute atomic E-state index is 11.7. The molecule has 0 aromatic heterocycles. The van der Waals surface area contributed by atoms with Gasteiger partial charge < -0.3 is 16.8 Å². The highest BCUT2D eigenvalue weighted by molar-refractivity contribution is 7.99. The molecule has 1 aromatic rings. The molecule has 0 saturated heterocycles. The fourth-order valence-electron chi connectivity index (χ4n) is 1.41. The van der Waals surface area contributed by atoms with E-state index in [1.165, 1.54) is 11.8 Å². The largest absolute Gasteiger partial charge is 0.366 e. The maximum atomic E-state index is 11.7. The van der Waals surface area contributed by atoms with E-state index in [0.29, 0.717) is 29.5 Å². The van der Waals surface area contributed by atoms with Gasteiger partial charge in [0.15, 0.2) is 0 Å². The Hall–Kier alpha value is -1.53. The van der Waals surface area contributed by atoms with Gasteiger partial charge in [-0.05, 0) is 30.3 Å². The number of benzene rings is 1. The monoisotopic (exact) mass is 281 g/mol. The molecule has 0 aliphatic carbocycles. The minimum atomic E-state index is -0.555. The van der Waals surface area contributed by atoms with E-state index in [-0.39, 0.29) is 5.91 Å². The van der Waals surface area contributed by atoms with Gasteiger partial charge in [-0.15, -0.1) is 0 Å². The van der Waals surface area contributed by atoms with Crippen LogP contribution in [-0.2, 0) is 4.79 Å². The summed E-state index contributed by atoms with van der Waals surface area (Å²) in [5.41, 5.74) is 11.5. The molecule has 0 heterocycles. The molecule has 19 heavy (non-hydrogen) atoms. The van der Waals surface area contributed by atoms with Gasteiger partial charge in [0.05, 0.1) is 17.0 Å². The Labute approximate surface area is 117 Å². The average Bonchev–Trinajstić information content (AvgIpc) is 2.38. The summed E-state index contributed by atoms with van der Waals surface area (Å²) < 4.78 is 0. The lowest BCUT2D eigenvalue weighted by molar-refractivity contribution is -0.113. The van der Waals surface area contributed by atoms with Crippen LogP contribution < -0.4 is 16.8 Å². The van der Waals surface area contributed by atoms with E-state index in [1.807, 2.05) is 6.92 Å². The number of thioether (sulfide) groups is 1. The highest BCUT2D eigenvalue weighted by Gasteiger charge is 2.10. The first-order valence-electron chi connectivity index (χ1n) is 6.01. The van der Waals surface area contributed by atoms with Crippen LogP contribution >= 0.6 is 11.8 Å². The van der Waals surface area contributed by atoms with E-state index < -0.39 is 5.91 Å². The molecule has 0 spiro atoms. The SMILES string of the molecule is CC(CN)CSCC(=O)Nc1ccccc1C(N)=O. The first kappa shape index (κ1) is 15.5. The smallest absolute Gasteiger partial charge is 0.250 e. The third-order valence-electron chi connectivity index (χ3n) is 2.50. The lowest BCUT2D eigenvalue weighted by Crippen LogP contribution is -2.20. The Morgan fingerprint density at radius 3 is 2.68 bits per heavy atom.